The predicted molar refractivity (Wildman–Crippen MR) is 97.4 cm³/mol. The number of carbonyl (C=O) groups is 2. The number of hydrogen-bond donors (Lipinski definition) is 2. The monoisotopic (exact) mass is 347 g/mol. The van der Waals surface area contributed by atoms with Gasteiger partial charge in [-0.15, -0.1) is 0 Å². The van der Waals surface area contributed by atoms with Crippen molar-refractivity contribution in [3.8, 4) is 5.75 Å². The average Bonchev–Trinajstić information content (AvgIpc) is 2.93. The molecular formula is C19H29N3O3. The summed E-state index contributed by atoms with van der Waals surface area (Å²) in [4.78, 5) is 26.4. The Balaban J connectivity index is 1.70. The van der Waals surface area contributed by atoms with Crippen molar-refractivity contribution >= 4 is 11.8 Å². The fourth-order valence-corrected chi connectivity index (χ4v) is 2.97. The van der Waals surface area contributed by atoms with E-state index >= 15 is 0 Å². The number of benzene rings is 1. The normalized spacial score (nSPS) is 16.6. The summed E-state index contributed by atoms with van der Waals surface area (Å²) in [6, 6.07) is 7.32. The highest BCUT2D eigenvalue weighted by Crippen LogP contribution is 2.12. The van der Waals surface area contributed by atoms with Crippen molar-refractivity contribution < 1.29 is 14.3 Å². The summed E-state index contributed by atoms with van der Waals surface area (Å²) in [7, 11) is 1.62. The van der Waals surface area contributed by atoms with Gasteiger partial charge < -0.3 is 15.4 Å². The maximum atomic E-state index is 12.3. The number of hydrogen-bond acceptors (Lipinski definition) is 4. The van der Waals surface area contributed by atoms with Crippen LogP contribution >= 0.6 is 0 Å². The van der Waals surface area contributed by atoms with E-state index in [1.54, 1.807) is 7.11 Å². The maximum Gasteiger partial charge on any atom is 0.239 e. The van der Waals surface area contributed by atoms with Crippen LogP contribution in [0, 0.1) is 0 Å². The molecule has 2 amide bonds. The molecule has 1 atom stereocenters. The SMILES string of the molecule is COc1ccc(CNC(=O)CNC(=O)[C@H](C)N2CCCCCC2)cc1. The molecule has 0 aromatic heterocycles. The third-order valence-electron chi connectivity index (χ3n) is 4.64. The zero-order valence-electron chi connectivity index (χ0n) is 15.2. The van der Waals surface area contributed by atoms with E-state index in [4.69, 9.17) is 4.74 Å². The molecule has 1 aliphatic heterocycles. The van der Waals surface area contributed by atoms with Gasteiger partial charge >= 0.3 is 0 Å². The average molecular weight is 347 g/mol. The van der Waals surface area contributed by atoms with Crippen LogP contribution in [0.4, 0.5) is 0 Å². The first kappa shape index (κ1) is 19.2. The molecule has 1 fully saturated rings. The van der Waals surface area contributed by atoms with Gasteiger partial charge in [0.15, 0.2) is 0 Å². The number of nitrogens with one attached hydrogen (secondary N) is 2. The number of likely N-dealkylation sites (tertiary alicyclic amines) is 1. The first-order valence-corrected chi connectivity index (χ1v) is 9.01. The van der Waals surface area contributed by atoms with Crippen molar-refractivity contribution in [1.29, 1.82) is 0 Å². The van der Waals surface area contributed by atoms with Gasteiger partial charge in [-0.05, 0) is 50.6 Å². The van der Waals surface area contributed by atoms with Gasteiger partial charge in [-0.25, -0.2) is 0 Å². The molecule has 1 heterocycles. The number of amides is 2. The van der Waals surface area contributed by atoms with Crippen LogP contribution in [-0.2, 0) is 16.1 Å². The summed E-state index contributed by atoms with van der Waals surface area (Å²) in [6.07, 6.45) is 4.75. The molecule has 138 valence electrons. The summed E-state index contributed by atoms with van der Waals surface area (Å²) >= 11 is 0. The second-order valence-corrected chi connectivity index (χ2v) is 6.47. The van der Waals surface area contributed by atoms with Crippen molar-refractivity contribution in [3.63, 3.8) is 0 Å². The van der Waals surface area contributed by atoms with E-state index in [-0.39, 0.29) is 24.4 Å². The van der Waals surface area contributed by atoms with Crippen LogP contribution in [0.3, 0.4) is 0 Å². The highest BCUT2D eigenvalue weighted by Gasteiger charge is 2.22. The van der Waals surface area contributed by atoms with Crippen LogP contribution in [0.1, 0.15) is 38.2 Å². The lowest BCUT2D eigenvalue weighted by atomic mass is 10.2. The lowest BCUT2D eigenvalue weighted by Crippen LogP contribution is -2.47. The molecule has 25 heavy (non-hydrogen) atoms. The molecule has 0 spiro atoms. The minimum Gasteiger partial charge on any atom is -0.497 e. The molecule has 1 aliphatic rings. The number of rotatable bonds is 7. The van der Waals surface area contributed by atoms with Crippen LogP contribution < -0.4 is 15.4 Å². The Hall–Kier alpha value is -2.08. The molecule has 6 heteroatoms. The van der Waals surface area contributed by atoms with Gasteiger partial charge in [0.2, 0.25) is 11.8 Å². The van der Waals surface area contributed by atoms with Crippen molar-refractivity contribution in [3.05, 3.63) is 29.8 Å². The second kappa shape index (κ2) is 10.0. The molecule has 0 unspecified atom stereocenters. The van der Waals surface area contributed by atoms with E-state index < -0.39 is 0 Å². The van der Waals surface area contributed by atoms with Crippen LogP contribution in [0.25, 0.3) is 0 Å². The summed E-state index contributed by atoms with van der Waals surface area (Å²) in [6.45, 7) is 4.26. The Bertz CT molecular complexity index is 552. The summed E-state index contributed by atoms with van der Waals surface area (Å²) < 4.78 is 5.10. The van der Waals surface area contributed by atoms with E-state index in [1.807, 2.05) is 31.2 Å². The van der Waals surface area contributed by atoms with E-state index in [9.17, 15) is 9.59 Å². The van der Waals surface area contributed by atoms with Crippen molar-refractivity contribution in [2.45, 2.75) is 45.2 Å². The summed E-state index contributed by atoms with van der Waals surface area (Å²) in [5, 5.41) is 5.55. The minimum atomic E-state index is -0.188. The molecule has 0 saturated carbocycles. The van der Waals surface area contributed by atoms with Crippen LogP contribution in [0.5, 0.6) is 5.75 Å². The first-order chi connectivity index (χ1) is 12.1. The number of nitrogens with zero attached hydrogens (tertiary/aromatic N) is 1. The van der Waals surface area contributed by atoms with E-state index in [0.29, 0.717) is 6.54 Å². The smallest absolute Gasteiger partial charge is 0.239 e. The molecule has 0 aliphatic carbocycles. The third-order valence-corrected chi connectivity index (χ3v) is 4.64. The Morgan fingerprint density at radius 2 is 1.72 bits per heavy atom. The van der Waals surface area contributed by atoms with Gasteiger partial charge in [0.05, 0.1) is 19.7 Å². The first-order valence-electron chi connectivity index (χ1n) is 9.01. The van der Waals surface area contributed by atoms with Crippen LogP contribution in [0.2, 0.25) is 0 Å². The van der Waals surface area contributed by atoms with Gasteiger partial charge in [0.1, 0.15) is 5.75 Å². The molecule has 1 aromatic carbocycles. The second-order valence-electron chi connectivity index (χ2n) is 6.47. The molecular weight excluding hydrogens is 318 g/mol. The summed E-state index contributed by atoms with van der Waals surface area (Å²) in [5.41, 5.74) is 0.985. The van der Waals surface area contributed by atoms with Crippen LogP contribution in [0.15, 0.2) is 24.3 Å². The standard InChI is InChI=1S/C19H29N3O3/c1-15(22-11-5-3-4-6-12-22)19(24)21-14-18(23)20-13-16-7-9-17(25-2)10-8-16/h7-10,15H,3-6,11-14H2,1-2H3,(H,20,23)(H,21,24)/t15-/m0/s1. The van der Waals surface area contributed by atoms with Gasteiger partial charge in [-0.1, -0.05) is 25.0 Å². The topological polar surface area (TPSA) is 70.7 Å². The van der Waals surface area contributed by atoms with Crippen LogP contribution in [-0.4, -0.2) is 49.5 Å². The van der Waals surface area contributed by atoms with Gasteiger partial charge in [-0.2, -0.15) is 0 Å². The Labute approximate surface area is 149 Å². The Kier molecular flexibility index (Phi) is 7.73. The Morgan fingerprint density at radius 1 is 1.08 bits per heavy atom. The van der Waals surface area contributed by atoms with E-state index in [0.717, 1.165) is 37.2 Å². The Morgan fingerprint density at radius 3 is 2.32 bits per heavy atom. The van der Waals surface area contributed by atoms with Gasteiger partial charge in [-0.3, -0.25) is 14.5 Å². The summed E-state index contributed by atoms with van der Waals surface area (Å²) in [5.74, 6) is 0.513. The molecule has 6 nitrogen and oxygen atoms in total. The highest BCUT2D eigenvalue weighted by molar-refractivity contribution is 5.87. The lowest BCUT2D eigenvalue weighted by Gasteiger charge is -2.26. The zero-order chi connectivity index (χ0) is 18.1. The van der Waals surface area contributed by atoms with Crippen molar-refractivity contribution in [2.24, 2.45) is 0 Å². The van der Waals surface area contributed by atoms with E-state index in [2.05, 4.69) is 15.5 Å². The number of methoxy groups -OCH3 is 1. The van der Waals surface area contributed by atoms with Gasteiger partial charge in [0, 0.05) is 6.54 Å². The number of ether oxygens (including phenoxy) is 1. The molecule has 0 radical (unpaired) electrons. The quantitative estimate of drug-likeness (QED) is 0.787. The van der Waals surface area contributed by atoms with Crippen molar-refractivity contribution in [2.75, 3.05) is 26.7 Å². The fraction of sp³-hybridized carbons (Fsp3) is 0.579. The minimum absolute atomic E-state index is 0.00711. The largest absolute Gasteiger partial charge is 0.497 e. The molecule has 1 saturated heterocycles. The molecule has 2 rings (SSSR count). The van der Waals surface area contributed by atoms with Gasteiger partial charge in [0.25, 0.3) is 0 Å². The highest BCUT2D eigenvalue weighted by atomic mass is 16.5. The van der Waals surface area contributed by atoms with Crippen molar-refractivity contribution in [1.82, 2.24) is 15.5 Å². The number of carbonyl (C=O) groups excluding carboxylic acids is 2. The molecule has 0 bridgehead atoms. The fourth-order valence-electron chi connectivity index (χ4n) is 2.97. The maximum absolute atomic E-state index is 12.3. The molecule has 2 N–H and O–H groups in total. The third kappa shape index (κ3) is 6.38. The zero-order valence-corrected chi connectivity index (χ0v) is 15.2. The van der Waals surface area contributed by atoms with E-state index in [1.165, 1.54) is 12.8 Å². The predicted octanol–water partition coefficient (Wildman–Crippen LogP) is 1.69. The lowest BCUT2D eigenvalue weighted by molar-refractivity contribution is -0.129. The molecule has 1 aromatic rings.